The second-order valence-corrected chi connectivity index (χ2v) is 6.69. The molecule has 0 saturated heterocycles. The van der Waals surface area contributed by atoms with E-state index < -0.39 is 11.7 Å². The number of carbonyl (C=O) groups is 1. The Morgan fingerprint density at radius 1 is 0.967 bits per heavy atom. The molecule has 4 rings (SSSR count). The van der Waals surface area contributed by atoms with Crippen molar-refractivity contribution in [3.05, 3.63) is 114 Å². The second-order valence-electron chi connectivity index (χ2n) is 6.69. The summed E-state index contributed by atoms with van der Waals surface area (Å²) in [6.07, 6.45) is 3.46. The molecular formula is C24H19FN4O. The van der Waals surface area contributed by atoms with E-state index in [1.807, 2.05) is 71.5 Å². The van der Waals surface area contributed by atoms with E-state index in [4.69, 9.17) is 5.10 Å². The fourth-order valence-corrected chi connectivity index (χ4v) is 3.03. The Kier molecular flexibility index (Phi) is 5.75. The number of halogens is 1. The van der Waals surface area contributed by atoms with Gasteiger partial charge in [-0.05, 0) is 29.8 Å². The van der Waals surface area contributed by atoms with E-state index in [-0.39, 0.29) is 0 Å². The van der Waals surface area contributed by atoms with Crippen LogP contribution in [0.25, 0.3) is 11.3 Å². The quantitative estimate of drug-likeness (QED) is 0.384. The number of amides is 1. The van der Waals surface area contributed by atoms with Gasteiger partial charge < -0.3 is 0 Å². The Morgan fingerprint density at radius 2 is 1.63 bits per heavy atom. The van der Waals surface area contributed by atoms with E-state index in [0.29, 0.717) is 12.1 Å². The predicted molar refractivity (Wildman–Crippen MR) is 115 cm³/mol. The summed E-state index contributed by atoms with van der Waals surface area (Å²) in [6, 6.07) is 25.1. The summed E-state index contributed by atoms with van der Waals surface area (Å²) in [7, 11) is 0. The van der Waals surface area contributed by atoms with Gasteiger partial charge in [0.25, 0.3) is 5.91 Å². The number of nitrogens with zero attached hydrogens (tertiary/aromatic N) is 3. The molecule has 0 aliphatic rings. The first-order valence-corrected chi connectivity index (χ1v) is 9.45. The molecule has 30 heavy (non-hydrogen) atoms. The zero-order chi connectivity index (χ0) is 20.8. The van der Waals surface area contributed by atoms with Crippen molar-refractivity contribution in [2.75, 3.05) is 0 Å². The van der Waals surface area contributed by atoms with E-state index in [1.54, 1.807) is 6.21 Å². The standard InChI is InChI=1S/C24H19FN4O/c25-22-13-11-20(12-14-22)24(30)27-26-15-21-17-29(16-18-7-3-1-4-8-18)28-23(21)19-9-5-2-6-10-19/h1-15,17H,16H2,(H,27,30)/b26-15-. The lowest BCUT2D eigenvalue weighted by atomic mass is 10.1. The number of hydrazone groups is 1. The Hall–Kier alpha value is -4.06. The molecule has 0 saturated carbocycles. The Labute approximate surface area is 173 Å². The molecule has 0 unspecified atom stereocenters. The number of benzene rings is 3. The second kappa shape index (κ2) is 8.96. The van der Waals surface area contributed by atoms with E-state index in [1.165, 1.54) is 24.3 Å². The normalized spacial score (nSPS) is 11.0. The van der Waals surface area contributed by atoms with Crippen molar-refractivity contribution in [1.82, 2.24) is 15.2 Å². The molecule has 0 aliphatic carbocycles. The van der Waals surface area contributed by atoms with Crippen molar-refractivity contribution in [2.45, 2.75) is 6.54 Å². The molecule has 148 valence electrons. The van der Waals surface area contributed by atoms with Gasteiger partial charge in [-0.1, -0.05) is 60.7 Å². The largest absolute Gasteiger partial charge is 0.271 e. The highest BCUT2D eigenvalue weighted by Crippen LogP contribution is 2.21. The van der Waals surface area contributed by atoms with Crippen LogP contribution in [-0.4, -0.2) is 21.9 Å². The summed E-state index contributed by atoms with van der Waals surface area (Å²) in [5, 5.41) is 8.79. The zero-order valence-electron chi connectivity index (χ0n) is 16.1. The van der Waals surface area contributed by atoms with Crippen LogP contribution in [0.5, 0.6) is 0 Å². The molecule has 0 bridgehead atoms. The van der Waals surface area contributed by atoms with Crippen molar-refractivity contribution < 1.29 is 9.18 Å². The molecule has 6 heteroatoms. The molecule has 5 nitrogen and oxygen atoms in total. The summed E-state index contributed by atoms with van der Waals surface area (Å²) in [6.45, 7) is 0.621. The van der Waals surface area contributed by atoms with Crippen molar-refractivity contribution in [1.29, 1.82) is 0 Å². The van der Waals surface area contributed by atoms with Crippen LogP contribution < -0.4 is 5.43 Å². The highest BCUT2D eigenvalue weighted by molar-refractivity contribution is 5.95. The van der Waals surface area contributed by atoms with Gasteiger partial charge >= 0.3 is 0 Å². The molecule has 1 heterocycles. The summed E-state index contributed by atoms with van der Waals surface area (Å²) < 4.78 is 14.9. The minimum absolute atomic E-state index is 0.330. The van der Waals surface area contributed by atoms with E-state index >= 15 is 0 Å². The van der Waals surface area contributed by atoms with Crippen molar-refractivity contribution in [3.63, 3.8) is 0 Å². The van der Waals surface area contributed by atoms with E-state index in [9.17, 15) is 9.18 Å². The molecule has 0 fully saturated rings. The molecule has 1 N–H and O–H groups in total. The average Bonchev–Trinajstić information content (AvgIpc) is 3.18. The van der Waals surface area contributed by atoms with Crippen LogP contribution in [-0.2, 0) is 6.54 Å². The number of hydrogen-bond donors (Lipinski definition) is 1. The van der Waals surface area contributed by atoms with E-state index in [0.717, 1.165) is 22.4 Å². The minimum atomic E-state index is -0.413. The maximum Gasteiger partial charge on any atom is 0.271 e. The average molecular weight is 398 g/mol. The number of aromatic nitrogens is 2. The smallest absolute Gasteiger partial charge is 0.267 e. The molecule has 0 aliphatic heterocycles. The number of hydrogen-bond acceptors (Lipinski definition) is 3. The number of rotatable bonds is 6. The van der Waals surface area contributed by atoms with Crippen molar-refractivity contribution in [2.24, 2.45) is 5.10 Å². The van der Waals surface area contributed by atoms with Crippen molar-refractivity contribution in [3.8, 4) is 11.3 Å². The van der Waals surface area contributed by atoms with Crippen molar-refractivity contribution >= 4 is 12.1 Å². The maximum atomic E-state index is 13.0. The van der Waals surface area contributed by atoms with Gasteiger partial charge in [-0.2, -0.15) is 10.2 Å². The van der Waals surface area contributed by atoms with Gasteiger partial charge in [-0.3, -0.25) is 9.48 Å². The Bertz CT molecular complexity index is 1150. The van der Waals surface area contributed by atoms with Crippen LogP contribution in [0.15, 0.2) is 96.2 Å². The first-order chi connectivity index (χ1) is 14.7. The van der Waals surface area contributed by atoms with Gasteiger partial charge in [0.1, 0.15) is 11.5 Å². The monoisotopic (exact) mass is 398 g/mol. The third kappa shape index (κ3) is 4.67. The van der Waals surface area contributed by atoms with E-state index in [2.05, 4.69) is 10.5 Å². The minimum Gasteiger partial charge on any atom is -0.267 e. The van der Waals surface area contributed by atoms with Gasteiger partial charge in [-0.15, -0.1) is 0 Å². The van der Waals surface area contributed by atoms with Gasteiger partial charge in [0, 0.05) is 22.9 Å². The molecule has 0 spiro atoms. The van der Waals surface area contributed by atoms with Gasteiger partial charge in [0.2, 0.25) is 0 Å². The lowest BCUT2D eigenvalue weighted by molar-refractivity contribution is 0.0955. The van der Waals surface area contributed by atoms with Gasteiger partial charge in [0.15, 0.2) is 0 Å². The third-order valence-electron chi connectivity index (χ3n) is 4.50. The topological polar surface area (TPSA) is 59.3 Å². The molecule has 3 aromatic carbocycles. The maximum absolute atomic E-state index is 13.0. The third-order valence-corrected chi connectivity index (χ3v) is 4.50. The molecular weight excluding hydrogens is 379 g/mol. The fraction of sp³-hybridized carbons (Fsp3) is 0.0417. The van der Waals surface area contributed by atoms with Crippen LogP contribution in [0.1, 0.15) is 21.5 Å². The molecule has 1 amide bonds. The summed E-state index contributed by atoms with van der Waals surface area (Å²) >= 11 is 0. The molecule has 4 aromatic rings. The van der Waals surface area contributed by atoms with Crippen LogP contribution in [0.3, 0.4) is 0 Å². The lowest BCUT2D eigenvalue weighted by Crippen LogP contribution is -2.17. The summed E-state index contributed by atoms with van der Waals surface area (Å²) in [4.78, 5) is 12.2. The van der Waals surface area contributed by atoms with Gasteiger partial charge in [0.05, 0.1) is 12.8 Å². The van der Waals surface area contributed by atoms with Crippen LogP contribution in [0.2, 0.25) is 0 Å². The lowest BCUT2D eigenvalue weighted by Gasteiger charge is -2.01. The predicted octanol–water partition coefficient (Wildman–Crippen LogP) is 4.50. The van der Waals surface area contributed by atoms with Crippen LogP contribution in [0, 0.1) is 5.82 Å². The molecule has 1 aromatic heterocycles. The first kappa shape index (κ1) is 19.3. The SMILES string of the molecule is O=C(N/N=C\c1cn(Cc2ccccc2)nc1-c1ccccc1)c1ccc(F)cc1. The Balaban J connectivity index is 1.56. The fourth-order valence-electron chi connectivity index (χ4n) is 3.03. The molecule has 0 atom stereocenters. The van der Waals surface area contributed by atoms with Crippen LogP contribution in [0.4, 0.5) is 4.39 Å². The van der Waals surface area contributed by atoms with Gasteiger partial charge in [-0.25, -0.2) is 9.82 Å². The highest BCUT2D eigenvalue weighted by atomic mass is 19.1. The summed E-state index contributed by atoms with van der Waals surface area (Å²) in [5.41, 5.74) is 6.44. The Morgan fingerprint density at radius 3 is 2.33 bits per heavy atom. The highest BCUT2D eigenvalue weighted by Gasteiger charge is 2.10. The zero-order valence-corrected chi connectivity index (χ0v) is 16.1. The first-order valence-electron chi connectivity index (χ1n) is 9.45. The van der Waals surface area contributed by atoms with Crippen LogP contribution >= 0.6 is 0 Å². The number of carbonyl (C=O) groups excluding carboxylic acids is 1. The molecule has 0 radical (unpaired) electrons. The summed E-state index contributed by atoms with van der Waals surface area (Å²) in [5.74, 6) is -0.808. The number of nitrogens with one attached hydrogen (secondary N) is 1.